The first-order valence-electron chi connectivity index (χ1n) is 7.39. The molecule has 1 aromatic rings. The van der Waals surface area contributed by atoms with Crippen molar-refractivity contribution in [3.8, 4) is 0 Å². The predicted octanol–water partition coefficient (Wildman–Crippen LogP) is 3.17. The fourth-order valence-corrected chi connectivity index (χ4v) is 3.88. The van der Waals surface area contributed by atoms with E-state index in [-0.39, 0.29) is 0 Å². The van der Waals surface area contributed by atoms with E-state index in [1.165, 1.54) is 49.9 Å². The highest BCUT2D eigenvalue weighted by atomic mass is 15.2. The number of anilines is 1. The molecule has 3 rings (SSSR count). The van der Waals surface area contributed by atoms with E-state index in [9.17, 15) is 0 Å². The van der Waals surface area contributed by atoms with Crippen molar-refractivity contribution in [2.24, 2.45) is 5.92 Å². The van der Waals surface area contributed by atoms with Crippen molar-refractivity contribution in [1.29, 1.82) is 0 Å². The van der Waals surface area contributed by atoms with E-state index in [0.29, 0.717) is 0 Å². The van der Waals surface area contributed by atoms with Gasteiger partial charge in [0.05, 0.1) is 0 Å². The van der Waals surface area contributed by atoms with E-state index in [2.05, 4.69) is 34.5 Å². The topological polar surface area (TPSA) is 15.3 Å². The van der Waals surface area contributed by atoms with Crippen LogP contribution in [-0.4, -0.2) is 19.6 Å². The van der Waals surface area contributed by atoms with Crippen molar-refractivity contribution >= 4 is 5.69 Å². The second-order valence-corrected chi connectivity index (χ2v) is 5.75. The normalized spacial score (nSPS) is 27.3. The molecule has 2 fully saturated rings. The van der Waals surface area contributed by atoms with Gasteiger partial charge in [-0.2, -0.15) is 0 Å². The molecule has 2 atom stereocenters. The molecule has 2 heteroatoms. The Morgan fingerprint density at radius 3 is 2.89 bits per heavy atom. The first-order chi connectivity index (χ1) is 8.90. The quantitative estimate of drug-likeness (QED) is 0.878. The number of hydrogen-bond acceptors (Lipinski definition) is 2. The number of benzene rings is 1. The maximum absolute atomic E-state index is 3.30. The van der Waals surface area contributed by atoms with Crippen LogP contribution in [0.5, 0.6) is 0 Å². The van der Waals surface area contributed by atoms with Crippen LogP contribution < -0.4 is 10.2 Å². The molecule has 2 aliphatic rings. The third-order valence-electron chi connectivity index (χ3n) is 4.66. The molecule has 1 aromatic carbocycles. The Hall–Kier alpha value is -1.02. The first-order valence-corrected chi connectivity index (χ1v) is 7.39. The molecule has 1 saturated carbocycles. The molecular weight excluding hydrogens is 220 g/mol. The van der Waals surface area contributed by atoms with Crippen molar-refractivity contribution in [2.75, 3.05) is 18.5 Å². The lowest BCUT2D eigenvalue weighted by Crippen LogP contribution is -2.43. The Morgan fingerprint density at radius 2 is 2.00 bits per heavy atom. The SMILES string of the molecule is CNCc1ccccc1N1CCCC2CCCC21. The summed E-state index contributed by atoms with van der Waals surface area (Å²) in [5.41, 5.74) is 2.93. The fraction of sp³-hybridized carbons (Fsp3) is 0.625. The lowest BCUT2D eigenvalue weighted by atomic mass is 9.91. The minimum absolute atomic E-state index is 0.816. The zero-order chi connectivity index (χ0) is 12.4. The van der Waals surface area contributed by atoms with E-state index in [1.54, 1.807) is 0 Å². The second kappa shape index (κ2) is 5.31. The largest absolute Gasteiger partial charge is 0.368 e. The second-order valence-electron chi connectivity index (χ2n) is 5.75. The molecule has 1 saturated heterocycles. The van der Waals surface area contributed by atoms with Crippen LogP contribution in [0.1, 0.15) is 37.7 Å². The zero-order valence-electron chi connectivity index (χ0n) is 11.4. The van der Waals surface area contributed by atoms with E-state index in [4.69, 9.17) is 0 Å². The van der Waals surface area contributed by atoms with E-state index in [0.717, 1.165) is 18.5 Å². The molecule has 2 unspecified atom stereocenters. The van der Waals surface area contributed by atoms with Crippen LogP contribution in [0.2, 0.25) is 0 Å². The first kappa shape index (κ1) is 12.0. The van der Waals surface area contributed by atoms with Gasteiger partial charge in [-0.05, 0) is 50.3 Å². The van der Waals surface area contributed by atoms with Crippen LogP contribution in [-0.2, 0) is 6.54 Å². The van der Waals surface area contributed by atoms with Gasteiger partial charge in [0, 0.05) is 24.8 Å². The molecule has 1 heterocycles. The predicted molar refractivity (Wildman–Crippen MR) is 76.9 cm³/mol. The molecule has 0 spiro atoms. The number of nitrogens with one attached hydrogen (secondary N) is 1. The number of fused-ring (bicyclic) bond motifs is 1. The molecule has 1 aliphatic carbocycles. The molecule has 2 nitrogen and oxygen atoms in total. The Balaban J connectivity index is 1.88. The zero-order valence-corrected chi connectivity index (χ0v) is 11.4. The van der Waals surface area contributed by atoms with Crippen LogP contribution in [0.15, 0.2) is 24.3 Å². The molecule has 0 aromatic heterocycles. The van der Waals surface area contributed by atoms with Crippen molar-refractivity contribution in [1.82, 2.24) is 5.32 Å². The summed E-state index contributed by atoms with van der Waals surface area (Å²) in [6.45, 7) is 2.23. The van der Waals surface area contributed by atoms with Crippen molar-refractivity contribution < 1.29 is 0 Å². The van der Waals surface area contributed by atoms with E-state index >= 15 is 0 Å². The Labute approximate surface area is 110 Å². The summed E-state index contributed by atoms with van der Waals surface area (Å²) in [5, 5.41) is 3.30. The van der Waals surface area contributed by atoms with E-state index in [1.807, 2.05) is 7.05 Å². The van der Waals surface area contributed by atoms with Crippen LogP contribution in [0.3, 0.4) is 0 Å². The Morgan fingerprint density at radius 1 is 1.17 bits per heavy atom. The number of hydrogen-bond donors (Lipinski definition) is 1. The molecular formula is C16H24N2. The monoisotopic (exact) mass is 244 g/mol. The maximum Gasteiger partial charge on any atom is 0.0414 e. The third kappa shape index (κ3) is 2.14. The van der Waals surface area contributed by atoms with Gasteiger partial charge in [0.25, 0.3) is 0 Å². The highest BCUT2D eigenvalue weighted by molar-refractivity contribution is 5.55. The smallest absolute Gasteiger partial charge is 0.0414 e. The van der Waals surface area contributed by atoms with Crippen molar-refractivity contribution in [2.45, 2.75) is 44.7 Å². The summed E-state index contributed by atoms with van der Waals surface area (Å²) in [5.74, 6) is 0.960. The van der Waals surface area contributed by atoms with Crippen molar-refractivity contribution in [3.63, 3.8) is 0 Å². The number of para-hydroxylation sites is 1. The average Bonchev–Trinajstić information content (AvgIpc) is 2.88. The number of nitrogens with zero attached hydrogens (tertiary/aromatic N) is 1. The molecule has 0 bridgehead atoms. The molecule has 0 amide bonds. The minimum atomic E-state index is 0.816. The van der Waals surface area contributed by atoms with Gasteiger partial charge in [0.1, 0.15) is 0 Å². The Bertz CT molecular complexity index is 402. The van der Waals surface area contributed by atoms with Crippen LogP contribution in [0, 0.1) is 5.92 Å². The third-order valence-corrected chi connectivity index (χ3v) is 4.66. The van der Waals surface area contributed by atoms with Gasteiger partial charge in [-0.3, -0.25) is 0 Å². The molecule has 1 N–H and O–H groups in total. The lowest BCUT2D eigenvalue weighted by molar-refractivity contribution is 0.362. The number of rotatable bonds is 3. The highest BCUT2D eigenvalue weighted by Crippen LogP contribution is 2.39. The summed E-state index contributed by atoms with van der Waals surface area (Å²) in [6.07, 6.45) is 7.11. The van der Waals surface area contributed by atoms with Crippen LogP contribution in [0.25, 0.3) is 0 Å². The average molecular weight is 244 g/mol. The summed E-state index contributed by atoms with van der Waals surface area (Å²) in [7, 11) is 2.03. The lowest BCUT2D eigenvalue weighted by Gasteiger charge is -2.40. The molecule has 18 heavy (non-hydrogen) atoms. The van der Waals surface area contributed by atoms with Crippen LogP contribution >= 0.6 is 0 Å². The van der Waals surface area contributed by atoms with Gasteiger partial charge in [0.2, 0.25) is 0 Å². The highest BCUT2D eigenvalue weighted by Gasteiger charge is 2.35. The summed E-state index contributed by atoms with van der Waals surface area (Å²) in [4.78, 5) is 2.70. The van der Waals surface area contributed by atoms with Gasteiger partial charge in [-0.25, -0.2) is 0 Å². The van der Waals surface area contributed by atoms with Crippen molar-refractivity contribution in [3.05, 3.63) is 29.8 Å². The number of piperidine rings is 1. The van der Waals surface area contributed by atoms with Gasteiger partial charge in [0.15, 0.2) is 0 Å². The molecule has 1 aliphatic heterocycles. The fourth-order valence-electron chi connectivity index (χ4n) is 3.88. The summed E-state index contributed by atoms with van der Waals surface area (Å²) >= 11 is 0. The van der Waals surface area contributed by atoms with Crippen LogP contribution in [0.4, 0.5) is 5.69 Å². The standard InChI is InChI=1S/C16H24N2/c1-17-12-14-6-2-3-9-16(14)18-11-5-8-13-7-4-10-15(13)18/h2-3,6,9,13,15,17H,4-5,7-8,10-12H2,1H3. The maximum atomic E-state index is 3.30. The van der Waals surface area contributed by atoms with Gasteiger partial charge < -0.3 is 10.2 Å². The van der Waals surface area contributed by atoms with Gasteiger partial charge in [-0.15, -0.1) is 0 Å². The minimum Gasteiger partial charge on any atom is -0.368 e. The summed E-state index contributed by atoms with van der Waals surface area (Å²) in [6, 6.07) is 9.74. The Kier molecular flexibility index (Phi) is 3.55. The van der Waals surface area contributed by atoms with Gasteiger partial charge in [-0.1, -0.05) is 24.6 Å². The summed E-state index contributed by atoms with van der Waals surface area (Å²) < 4.78 is 0. The van der Waals surface area contributed by atoms with Gasteiger partial charge >= 0.3 is 0 Å². The molecule has 0 radical (unpaired) electrons. The molecule has 98 valence electrons. The van der Waals surface area contributed by atoms with E-state index < -0.39 is 0 Å².